The number of para-hydroxylation sites is 2. The Hall–Kier alpha value is -3.64. The van der Waals surface area contributed by atoms with Crippen LogP contribution in [0.4, 0.5) is 11.4 Å². The lowest BCUT2D eigenvalue weighted by Gasteiger charge is -2.31. The number of fused-ring (bicyclic) bond motifs is 1. The molecular formula is C28H27ClN2O4. The smallest absolute Gasteiger partial charge is 0.203 e. The molecule has 180 valence electrons. The molecule has 2 aliphatic rings. The molecule has 6 nitrogen and oxygen atoms in total. The van der Waals surface area contributed by atoms with Gasteiger partial charge in [-0.3, -0.25) is 4.79 Å². The van der Waals surface area contributed by atoms with E-state index in [0.717, 1.165) is 28.2 Å². The second-order valence-electron chi connectivity index (χ2n) is 8.61. The first-order valence-corrected chi connectivity index (χ1v) is 11.9. The lowest BCUT2D eigenvalue weighted by Crippen LogP contribution is -2.27. The van der Waals surface area contributed by atoms with Crippen LogP contribution < -0.4 is 24.8 Å². The van der Waals surface area contributed by atoms with Crippen molar-refractivity contribution in [2.75, 3.05) is 32.0 Å². The number of carbonyl (C=O) groups is 1. The molecule has 0 amide bonds. The van der Waals surface area contributed by atoms with Crippen molar-refractivity contribution in [2.24, 2.45) is 0 Å². The molecule has 1 heterocycles. The molecule has 1 aliphatic heterocycles. The molecular weight excluding hydrogens is 464 g/mol. The summed E-state index contributed by atoms with van der Waals surface area (Å²) in [6.07, 6.45) is 1.03. The molecule has 1 aliphatic carbocycles. The molecule has 3 aromatic rings. The van der Waals surface area contributed by atoms with Gasteiger partial charge in [-0.2, -0.15) is 0 Å². The zero-order valence-electron chi connectivity index (χ0n) is 19.9. The number of nitrogens with one attached hydrogen (secondary N) is 2. The van der Waals surface area contributed by atoms with Crippen molar-refractivity contribution in [2.45, 2.75) is 24.8 Å². The topological polar surface area (TPSA) is 68.8 Å². The van der Waals surface area contributed by atoms with E-state index in [1.807, 2.05) is 60.7 Å². The monoisotopic (exact) mass is 490 g/mol. The third kappa shape index (κ3) is 4.08. The van der Waals surface area contributed by atoms with Crippen LogP contribution in [-0.2, 0) is 4.79 Å². The summed E-state index contributed by atoms with van der Waals surface area (Å²) < 4.78 is 16.9. The number of ether oxygens (including phenoxy) is 3. The van der Waals surface area contributed by atoms with Gasteiger partial charge in [0.1, 0.15) is 0 Å². The standard InChI is InChI=1S/C28H27ClN2O4/c1-33-24-13-12-18(27(34-2)28(24)35-3)26-25-22(30-20-10-6-7-11-21(20)31-26)14-16(15-23(25)32)17-8-4-5-9-19(17)29/h4-13,16,26,30-31H,14-15H2,1-3H3/t16-,26-/m1/s1. The number of ketones is 1. The largest absolute Gasteiger partial charge is 0.493 e. The molecule has 0 saturated heterocycles. The van der Waals surface area contributed by atoms with E-state index in [9.17, 15) is 4.79 Å². The van der Waals surface area contributed by atoms with Crippen molar-refractivity contribution in [1.29, 1.82) is 0 Å². The number of methoxy groups -OCH3 is 3. The first-order chi connectivity index (χ1) is 17.0. The Morgan fingerprint density at radius 1 is 0.800 bits per heavy atom. The minimum absolute atomic E-state index is 0.0133. The van der Waals surface area contributed by atoms with Gasteiger partial charge in [0.15, 0.2) is 17.3 Å². The molecule has 2 N–H and O–H groups in total. The number of halogens is 1. The van der Waals surface area contributed by atoms with Crippen LogP contribution >= 0.6 is 11.6 Å². The van der Waals surface area contributed by atoms with Crippen LogP contribution in [0, 0.1) is 0 Å². The second-order valence-corrected chi connectivity index (χ2v) is 9.02. The molecule has 2 atom stereocenters. The normalized spacial score (nSPS) is 19.0. The zero-order valence-corrected chi connectivity index (χ0v) is 20.6. The summed E-state index contributed by atoms with van der Waals surface area (Å²) in [5, 5.41) is 7.83. The molecule has 7 heteroatoms. The average molecular weight is 491 g/mol. The second kappa shape index (κ2) is 9.55. The van der Waals surface area contributed by atoms with Crippen LogP contribution in [0.15, 0.2) is 71.9 Å². The highest BCUT2D eigenvalue weighted by atomic mass is 35.5. The molecule has 0 fully saturated rings. The van der Waals surface area contributed by atoms with Crippen LogP contribution in [0.5, 0.6) is 17.2 Å². The minimum atomic E-state index is -0.449. The molecule has 0 aromatic heterocycles. The van der Waals surface area contributed by atoms with Crippen molar-refractivity contribution >= 4 is 28.8 Å². The maximum Gasteiger partial charge on any atom is 0.203 e. The highest BCUT2D eigenvalue weighted by Gasteiger charge is 2.38. The maximum atomic E-state index is 13.8. The Labute approximate surface area is 209 Å². The first kappa shape index (κ1) is 23.1. The molecule has 0 radical (unpaired) electrons. The van der Waals surface area contributed by atoms with Gasteiger partial charge in [0.2, 0.25) is 5.75 Å². The average Bonchev–Trinajstić information content (AvgIpc) is 3.04. The van der Waals surface area contributed by atoms with Crippen LogP contribution in [0.3, 0.4) is 0 Å². The fourth-order valence-electron chi connectivity index (χ4n) is 5.10. The molecule has 3 aromatic carbocycles. The van der Waals surface area contributed by atoms with Gasteiger partial charge in [-0.1, -0.05) is 41.9 Å². The lowest BCUT2D eigenvalue weighted by molar-refractivity contribution is -0.116. The summed E-state index contributed by atoms with van der Waals surface area (Å²) in [5.74, 6) is 1.62. The van der Waals surface area contributed by atoms with Gasteiger partial charge in [0, 0.05) is 28.3 Å². The summed E-state index contributed by atoms with van der Waals surface area (Å²) in [6, 6.07) is 19.0. The van der Waals surface area contributed by atoms with Gasteiger partial charge < -0.3 is 24.8 Å². The Kier molecular flexibility index (Phi) is 6.31. The van der Waals surface area contributed by atoms with Gasteiger partial charge in [-0.05, 0) is 48.2 Å². The summed E-state index contributed by atoms with van der Waals surface area (Å²) in [5.41, 5.74) is 5.16. The zero-order chi connectivity index (χ0) is 24.5. The van der Waals surface area contributed by atoms with Gasteiger partial charge in [-0.25, -0.2) is 0 Å². The quantitative estimate of drug-likeness (QED) is 0.434. The number of anilines is 2. The van der Waals surface area contributed by atoms with Gasteiger partial charge in [0.05, 0.1) is 38.7 Å². The summed E-state index contributed by atoms with van der Waals surface area (Å²) in [4.78, 5) is 13.8. The Morgan fingerprint density at radius 3 is 2.23 bits per heavy atom. The molecule has 0 bridgehead atoms. The van der Waals surface area contributed by atoms with Gasteiger partial charge in [-0.15, -0.1) is 0 Å². The predicted molar refractivity (Wildman–Crippen MR) is 138 cm³/mol. The number of hydrogen-bond acceptors (Lipinski definition) is 6. The van der Waals surface area contributed by atoms with Crippen molar-refractivity contribution in [1.82, 2.24) is 0 Å². The van der Waals surface area contributed by atoms with Crippen LogP contribution in [-0.4, -0.2) is 27.1 Å². The molecule has 35 heavy (non-hydrogen) atoms. The van der Waals surface area contributed by atoms with Crippen molar-refractivity contribution in [3.63, 3.8) is 0 Å². The molecule has 0 saturated carbocycles. The summed E-state index contributed by atoms with van der Waals surface area (Å²) in [7, 11) is 4.75. The number of allylic oxidation sites excluding steroid dienone is 1. The van der Waals surface area contributed by atoms with Crippen molar-refractivity contribution in [3.05, 3.63) is 88.1 Å². The van der Waals surface area contributed by atoms with E-state index in [0.29, 0.717) is 40.7 Å². The fraction of sp³-hybridized carbons (Fsp3) is 0.250. The van der Waals surface area contributed by atoms with E-state index in [1.165, 1.54) is 0 Å². The van der Waals surface area contributed by atoms with E-state index in [1.54, 1.807) is 21.3 Å². The van der Waals surface area contributed by atoms with E-state index >= 15 is 0 Å². The van der Waals surface area contributed by atoms with Gasteiger partial charge >= 0.3 is 0 Å². The molecule has 5 rings (SSSR count). The maximum absolute atomic E-state index is 13.8. The third-order valence-corrected chi connectivity index (χ3v) is 7.04. The summed E-state index contributed by atoms with van der Waals surface area (Å²) in [6.45, 7) is 0. The number of Topliss-reactive ketones (excluding diaryl/α,β-unsaturated/α-hetero) is 1. The SMILES string of the molecule is COc1ccc([C@H]2Nc3ccccc3NC3=C2C(=O)C[C@H](c2ccccc2Cl)C3)c(OC)c1OC. The number of hydrogen-bond donors (Lipinski definition) is 2. The van der Waals surface area contributed by atoms with Crippen LogP contribution in [0.2, 0.25) is 5.02 Å². The lowest BCUT2D eigenvalue weighted by atomic mass is 9.78. The Bertz CT molecular complexity index is 1320. The number of benzene rings is 3. The Balaban J connectivity index is 1.68. The van der Waals surface area contributed by atoms with Crippen LogP contribution in [0.25, 0.3) is 0 Å². The highest BCUT2D eigenvalue weighted by molar-refractivity contribution is 6.31. The first-order valence-electron chi connectivity index (χ1n) is 11.5. The van der Waals surface area contributed by atoms with Crippen LogP contribution in [0.1, 0.15) is 35.9 Å². The van der Waals surface area contributed by atoms with E-state index in [2.05, 4.69) is 10.6 Å². The van der Waals surface area contributed by atoms with Crippen molar-refractivity contribution in [3.8, 4) is 17.2 Å². The minimum Gasteiger partial charge on any atom is -0.493 e. The molecule has 0 spiro atoms. The fourth-order valence-corrected chi connectivity index (χ4v) is 5.39. The van der Waals surface area contributed by atoms with Crippen molar-refractivity contribution < 1.29 is 19.0 Å². The number of carbonyl (C=O) groups excluding carboxylic acids is 1. The number of rotatable bonds is 5. The predicted octanol–water partition coefficient (Wildman–Crippen LogP) is 6.35. The van der Waals surface area contributed by atoms with E-state index in [4.69, 9.17) is 25.8 Å². The highest BCUT2D eigenvalue weighted by Crippen LogP contribution is 2.49. The summed E-state index contributed by atoms with van der Waals surface area (Å²) >= 11 is 6.52. The van der Waals surface area contributed by atoms with E-state index < -0.39 is 6.04 Å². The van der Waals surface area contributed by atoms with E-state index in [-0.39, 0.29) is 11.7 Å². The Morgan fingerprint density at radius 2 is 1.51 bits per heavy atom. The van der Waals surface area contributed by atoms with Gasteiger partial charge in [0.25, 0.3) is 0 Å². The third-order valence-electron chi connectivity index (χ3n) is 6.70. The molecule has 0 unspecified atom stereocenters.